The van der Waals surface area contributed by atoms with Gasteiger partial charge in [0.2, 0.25) is 10.0 Å². The van der Waals surface area contributed by atoms with Crippen LogP contribution < -0.4 is 0 Å². The van der Waals surface area contributed by atoms with E-state index in [1.807, 2.05) is 30.3 Å². The highest BCUT2D eigenvalue weighted by atomic mass is 32.2. The number of nitrogens with zero attached hydrogens (tertiary/aromatic N) is 1. The summed E-state index contributed by atoms with van der Waals surface area (Å²) in [7, 11) is -3.41. The molecule has 22 heavy (non-hydrogen) atoms. The molecule has 0 radical (unpaired) electrons. The number of hydrogen-bond donors (Lipinski definition) is 0. The molecule has 3 rings (SSSR count). The summed E-state index contributed by atoms with van der Waals surface area (Å²) >= 11 is 0. The zero-order valence-electron chi connectivity index (χ0n) is 12.2. The van der Waals surface area contributed by atoms with Crippen LogP contribution in [0.25, 0.3) is 0 Å². The third kappa shape index (κ3) is 3.20. The van der Waals surface area contributed by atoms with Crippen LogP contribution in [-0.2, 0) is 15.8 Å². The molecule has 1 unspecified atom stereocenters. The maximum absolute atomic E-state index is 12.9. The summed E-state index contributed by atoms with van der Waals surface area (Å²) in [5.41, 5.74) is 1.64. The Morgan fingerprint density at radius 2 is 1.73 bits per heavy atom. The summed E-state index contributed by atoms with van der Waals surface area (Å²) in [4.78, 5) is 0. The topological polar surface area (TPSA) is 37.4 Å². The van der Waals surface area contributed by atoms with E-state index in [4.69, 9.17) is 0 Å². The molecule has 0 N–H and O–H groups in total. The van der Waals surface area contributed by atoms with Crippen LogP contribution in [0.1, 0.15) is 30.0 Å². The van der Waals surface area contributed by atoms with Gasteiger partial charge in [0.1, 0.15) is 5.82 Å². The van der Waals surface area contributed by atoms with Gasteiger partial charge in [-0.3, -0.25) is 0 Å². The Kier molecular flexibility index (Phi) is 4.27. The molecule has 5 heteroatoms. The monoisotopic (exact) mass is 319 g/mol. The van der Waals surface area contributed by atoms with E-state index in [1.54, 1.807) is 4.31 Å². The molecule has 116 valence electrons. The van der Waals surface area contributed by atoms with Crippen molar-refractivity contribution in [2.24, 2.45) is 0 Å². The van der Waals surface area contributed by atoms with Crippen LogP contribution in [0.5, 0.6) is 0 Å². The predicted molar refractivity (Wildman–Crippen MR) is 84.1 cm³/mol. The van der Waals surface area contributed by atoms with Gasteiger partial charge in [-0.2, -0.15) is 4.31 Å². The Morgan fingerprint density at radius 1 is 1.05 bits per heavy atom. The highest BCUT2D eigenvalue weighted by molar-refractivity contribution is 7.88. The van der Waals surface area contributed by atoms with Gasteiger partial charge in [-0.15, -0.1) is 0 Å². The number of halogens is 1. The fraction of sp³-hybridized carbons (Fsp3) is 0.294. The lowest BCUT2D eigenvalue weighted by atomic mass is 10.1. The van der Waals surface area contributed by atoms with Crippen molar-refractivity contribution in [1.82, 2.24) is 4.31 Å². The SMILES string of the molecule is O=S(=O)(Cc1ccc(F)cc1)N1CCCC1c1ccccc1. The maximum Gasteiger partial charge on any atom is 0.218 e. The molecule has 0 aliphatic carbocycles. The molecular formula is C17H18FNO2S. The molecule has 0 aromatic heterocycles. The average Bonchev–Trinajstić information content (AvgIpc) is 3.01. The van der Waals surface area contributed by atoms with Crippen LogP contribution in [0.3, 0.4) is 0 Å². The van der Waals surface area contributed by atoms with Gasteiger partial charge in [0, 0.05) is 12.6 Å². The molecule has 3 nitrogen and oxygen atoms in total. The highest BCUT2D eigenvalue weighted by Gasteiger charge is 2.34. The Balaban J connectivity index is 1.83. The van der Waals surface area contributed by atoms with E-state index < -0.39 is 10.0 Å². The lowest BCUT2D eigenvalue weighted by Crippen LogP contribution is -2.31. The minimum Gasteiger partial charge on any atom is -0.212 e. The second-order valence-corrected chi connectivity index (χ2v) is 7.48. The Labute approximate surface area is 130 Å². The molecule has 2 aromatic carbocycles. The van der Waals surface area contributed by atoms with Gasteiger partial charge in [-0.05, 0) is 36.1 Å². The van der Waals surface area contributed by atoms with E-state index >= 15 is 0 Å². The quantitative estimate of drug-likeness (QED) is 0.865. The number of sulfonamides is 1. The van der Waals surface area contributed by atoms with Crippen LogP contribution in [0, 0.1) is 5.82 Å². The summed E-state index contributed by atoms with van der Waals surface area (Å²) < 4.78 is 39.9. The molecule has 1 saturated heterocycles. The van der Waals surface area contributed by atoms with Gasteiger partial charge >= 0.3 is 0 Å². The predicted octanol–water partition coefficient (Wildman–Crippen LogP) is 3.49. The summed E-state index contributed by atoms with van der Waals surface area (Å²) in [6.45, 7) is 0.545. The summed E-state index contributed by atoms with van der Waals surface area (Å²) in [5, 5.41) is 0. The molecule has 1 aliphatic heterocycles. The van der Waals surface area contributed by atoms with Crippen molar-refractivity contribution in [3.05, 3.63) is 71.5 Å². The van der Waals surface area contributed by atoms with Gasteiger partial charge in [0.15, 0.2) is 0 Å². The Hall–Kier alpha value is -1.72. The molecule has 1 heterocycles. The molecule has 0 amide bonds. The third-order valence-corrected chi connectivity index (χ3v) is 5.86. The first-order valence-electron chi connectivity index (χ1n) is 7.35. The van der Waals surface area contributed by atoms with Crippen molar-refractivity contribution < 1.29 is 12.8 Å². The minimum absolute atomic E-state index is 0.0867. The summed E-state index contributed by atoms with van der Waals surface area (Å²) in [6.07, 6.45) is 1.70. The number of rotatable bonds is 4. The molecule has 1 atom stereocenters. The van der Waals surface area contributed by atoms with Crippen molar-refractivity contribution in [2.75, 3.05) is 6.54 Å². The van der Waals surface area contributed by atoms with Crippen LogP contribution in [0.2, 0.25) is 0 Å². The maximum atomic E-state index is 12.9. The van der Waals surface area contributed by atoms with Gasteiger partial charge in [0.25, 0.3) is 0 Å². The number of hydrogen-bond acceptors (Lipinski definition) is 2. The standard InChI is InChI=1S/C17H18FNO2S/c18-16-10-8-14(9-11-16)13-22(20,21)19-12-4-7-17(19)15-5-2-1-3-6-15/h1-3,5-6,8-11,17H,4,7,12-13H2. The van der Waals surface area contributed by atoms with Gasteiger partial charge in [-0.25, -0.2) is 12.8 Å². The Bertz CT molecular complexity index is 729. The van der Waals surface area contributed by atoms with Crippen LogP contribution in [0.15, 0.2) is 54.6 Å². The first-order chi connectivity index (χ1) is 10.6. The number of benzene rings is 2. The van der Waals surface area contributed by atoms with E-state index in [2.05, 4.69) is 0 Å². The van der Waals surface area contributed by atoms with Crippen LogP contribution >= 0.6 is 0 Å². The molecule has 0 spiro atoms. The van der Waals surface area contributed by atoms with E-state index in [-0.39, 0.29) is 17.6 Å². The highest BCUT2D eigenvalue weighted by Crippen LogP contribution is 2.35. The smallest absolute Gasteiger partial charge is 0.212 e. The van der Waals surface area contributed by atoms with Crippen molar-refractivity contribution >= 4 is 10.0 Å². The van der Waals surface area contributed by atoms with Crippen molar-refractivity contribution in [3.8, 4) is 0 Å². The fourth-order valence-electron chi connectivity index (χ4n) is 2.96. The van der Waals surface area contributed by atoms with Crippen molar-refractivity contribution in [2.45, 2.75) is 24.6 Å². The van der Waals surface area contributed by atoms with Crippen molar-refractivity contribution in [1.29, 1.82) is 0 Å². The van der Waals surface area contributed by atoms with Gasteiger partial charge < -0.3 is 0 Å². The molecule has 0 saturated carbocycles. The molecule has 0 bridgehead atoms. The van der Waals surface area contributed by atoms with E-state index in [9.17, 15) is 12.8 Å². The summed E-state index contributed by atoms with van der Waals surface area (Å²) in [5.74, 6) is -0.444. The third-order valence-electron chi connectivity index (χ3n) is 4.01. The van der Waals surface area contributed by atoms with E-state index in [0.717, 1.165) is 18.4 Å². The van der Waals surface area contributed by atoms with Crippen LogP contribution in [-0.4, -0.2) is 19.3 Å². The second kappa shape index (κ2) is 6.18. The van der Waals surface area contributed by atoms with E-state index in [0.29, 0.717) is 12.1 Å². The fourth-order valence-corrected chi connectivity index (χ4v) is 4.76. The largest absolute Gasteiger partial charge is 0.218 e. The lowest BCUT2D eigenvalue weighted by Gasteiger charge is -2.24. The second-order valence-electron chi connectivity index (χ2n) is 5.56. The zero-order valence-corrected chi connectivity index (χ0v) is 13.0. The Morgan fingerprint density at radius 3 is 2.41 bits per heavy atom. The van der Waals surface area contributed by atoms with E-state index in [1.165, 1.54) is 24.3 Å². The normalized spacial score (nSPS) is 19.4. The molecule has 2 aromatic rings. The summed E-state index contributed by atoms with van der Waals surface area (Å²) in [6, 6.07) is 15.3. The van der Waals surface area contributed by atoms with Crippen LogP contribution in [0.4, 0.5) is 4.39 Å². The molecule has 1 aliphatic rings. The average molecular weight is 319 g/mol. The van der Waals surface area contributed by atoms with Gasteiger partial charge in [0.05, 0.1) is 5.75 Å². The van der Waals surface area contributed by atoms with Gasteiger partial charge in [-0.1, -0.05) is 42.5 Å². The zero-order chi connectivity index (χ0) is 15.6. The minimum atomic E-state index is -3.41. The van der Waals surface area contributed by atoms with Crippen molar-refractivity contribution in [3.63, 3.8) is 0 Å². The lowest BCUT2D eigenvalue weighted by molar-refractivity contribution is 0.396. The molecule has 1 fully saturated rings. The first kappa shape index (κ1) is 15.2. The first-order valence-corrected chi connectivity index (χ1v) is 8.96. The molecular weight excluding hydrogens is 301 g/mol.